The first-order valence-corrected chi connectivity index (χ1v) is 8.40. The number of amides is 1. The summed E-state index contributed by atoms with van der Waals surface area (Å²) in [5.41, 5.74) is 0.959. The highest BCUT2D eigenvalue weighted by Crippen LogP contribution is 2.34. The quantitative estimate of drug-likeness (QED) is 0.840. The van der Waals surface area contributed by atoms with Crippen molar-refractivity contribution in [3.63, 3.8) is 0 Å². The van der Waals surface area contributed by atoms with Crippen molar-refractivity contribution < 1.29 is 18.7 Å². The summed E-state index contributed by atoms with van der Waals surface area (Å²) in [5.74, 6) is 0.532. The first-order chi connectivity index (χ1) is 11.1. The molecule has 126 valence electrons. The molecule has 3 atom stereocenters. The van der Waals surface area contributed by atoms with Crippen LogP contribution in [0.25, 0.3) is 0 Å². The van der Waals surface area contributed by atoms with Crippen LogP contribution in [0.15, 0.2) is 24.3 Å². The normalized spacial score (nSPS) is 25.3. The minimum atomic E-state index is -0.415. The topological polar surface area (TPSA) is 47.6 Å². The van der Waals surface area contributed by atoms with Crippen LogP contribution in [0.5, 0.6) is 0 Å². The Labute approximate surface area is 136 Å². The monoisotopic (exact) mass is 321 g/mol. The maximum absolute atomic E-state index is 13.0. The molecule has 1 N–H and O–H groups in total. The fourth-order valence-electron chi connectivity index (χ4n) is 2.88. The van der Waals surface area contributed by atoms with Gasteiger partial charge in [-0.15, -0.1) is 0 Å². The molecule has 0 spiro atoms. The van der Waals surface area contributed by atoms with E-state index >= 15 is 0 Å². The maximum atomic E-state index is 13.0. The summed E-state index contributed by atoms with van der Waals surface area (Å²) < 4.78 is 24.4. The van der Waals surface area contributed by atoms with E-state index in [1.165, 1.54) is 25.0 Å². The lowest BCUT2D eigenvalue weighted by atomic mass is 9.95. The summed E-state index contributed by atoms with van der Waals surface area (Å²) >= 11 is 0. The van der Waals surface area contributed by atoms with Gasteiger partial charge in [0.05, 0.1) is 12.7 Å². The van der Waals surface area contributed by atoms with Crippen LogP contribution < -0.4 is 5.32 Å². The third kappa shape index (κ3) is 4.52. The number of hydrogen-bond acceptors (Lipinski definition) is 3. The molecule has 1 amide bonds. The molecule has 2 aliphatic rings. The number of rotatable bonds is 7. The average molecular weight is 321 g/mol. The van der Waals surface area contributed by atoms with Crippen molar-refractivity contribution in [1.82, 2.24) is 5.32 Å². The molecule has 2 fully saturated rings. The van der Waals surface area contributed by atoms with Crippen molar-refractivity contribution in [3.8, 4) is 0 Å². The Hall–Kier alpha value is -1.46. The van der Waals surface area contributed by atoms with Gasteiger partial charge < -0.3 is 14.8 Å². The second kappa shape index (κ2) is 7.41. The minimum absolute atomic E-state index is 0.0737. The largest absolute Gasteiger partial charge is 0.373 e. The Morgan fingerprint density at radius 1 is 1.35 bits per heavy atom. The number of carbonyl (C=O) groups excluding carboxylic acids is 1. The summed E-state index contributed by atoms with van der Waals surface area (Å²) in [6.45, 7) is 3.69. The van der Waals surface area contributed by atoms with Gasteiger partial charge in [0.1, 0.15) is 11.9 Å². The Morgan fingerprint density at radius 3 is 2.78 bits per heavy atom. The van der Waals surface area contributed by atoms with Gasteiger partial charge in [-0.2, -0.15) is 0 Å². The molecule has 1 saturated heterocycles. The van der Waals surface area contributed by atoms with E-state index < -0.39 is 6.10 Å². The molecule has 0 radical (unpaired) electrons. The summed E-state index contributed by atoms with van der Waals surface area (Å²) in [6.07, 6.45) is 2.82. The number of benzene rings is 1. The van der Waals surface area contributed by atoms with Crippen LogP contribution in [0.4, 0.5) is 4.39 Å². The van der Waals surface area contributed by atoms with Crippen molar-refractivity contribution in [2.75, 3.05) is 19.8 Å². The fourth-order valence-corrected chi connectivity index (χ4v) is 2.88. The number of ether oxygens (including phenoxy) is 2. The van der Waals surface area contributed by atoms with Gasteiger partial charge in [0, 0.05) is 19.1 Å². The van der Waals surface area contributed by atoms with Gasteiger partial charge in [-0.25, -0.2) is 4.39 Å². The van der Waals surface area contributed by atoms with E-state index in [9.17, 15) is 9.18 Å². The molecule has 1 saturated carbocycles. The van der Waals surface area contributed by atoms with Gasteiger partial charge in [0.25, 0.3) is 0 Å². The molecule has 1 heterocycles. The molecule has 4 nitrogen and oxygen atoms in total. The molecule has 0 aromatic heterocycles. The molecular formula is C18H24FNO3. The molecule has 1 aromatic rings. The zero-order valence-electron chi connectivity index (χ0n) is 13.5. The van der Waals surface area contributed by atoms with Gasteiger partial charge in [-0.05, 0) is 49.8 Å². The standard InChI is InChI=1S/C18H24FNO3/c1-12(23-11-13-2-3-13)18(21)20-10-15-8-9-22-17(15)14-4-6-16(19)7-5-14/h4-7,12-13,15,17H,2-3,8-11H2,1H3,(H,20,21)/t12-,15+,17+/m1/s1. The zero-order valence-corrected chi connectivity index (χ0v) is 13.5. The number of hydrogen-bond donors (Lipinski definition) is 1. The van der Waals surface area contributed by atoms with E-state index in [-0.39, 0.29) is 23.7 Å². The zero-order chi connectivity index (χ0) is 16.2. The Morgan fingerprint density at radius 2 is 2.09 bits per heavy atom. The molecular weight excluding hydrogens is 297 g/mol. The summed E-state index contributed by atoms with van der Waals surface area (Å²) in [4.78, 5) is 12.1. The smallest absolute Gasteiger partial charge is 0.248 e. The summed E-state index contributed by atoms with van der Waals surface area (Å²) in [5, 5.41) is 2.96. The molecule has 1 aromatic carbocycles. The second-order valence-electron chi connectivity index (χ2n) is 6.56. The average Bonchev–Trinajstić information content (AvgIpc) is 3.27. The van der Waals surface area contributed by atoms with Crippen LogP contribution >= 0.6 is 0 Å². The highest BCUT2D eigenvalue weighted by molar-refractivity contribution is 5.80. The van der Waals surface area contributed by atoms with Crippen LogP contribution in [-0.4, -0.2) is 31.8 Å². The van der Waals surface area contributed by atoms with Crippen LogP contribution in [-0.2, 0) is 14.3 Å². The number of nitrogens with one attached hydrogen (secondary N) is 1. The number of carbonyl (C=O) groups is 1. The third-order valence-corrected chi connectivity index (χ3v) is 4.60. The third-order valence-electron chi connectivity index (χ3n) is 4.60. The Bertz CT molecular complexity index is 530. The van der Waals surface area contributed by atoms with E-state index in [1.807, 2.05) is 0 Å². The van der Waals surface area contributed by atoms with E-state index in [0.717, 1.165) is 12.0 Å². The van der Waals surface area contributed by atoms with Gasteiger partial charge in [0.2, 0.25) is 5.91 Å². The highest BCUT2D eigenvalue weighted by Gasteiger charge is 2.30. The maximum Gasteiger partial charge on any atom is 0.248 e. The van der Waals surface area contributed by atoms with Crippen molar-refractivity contribution in [3.05, 3.63) is 35.6 Å². The predicted molar refractivity (Wildman–Crippen MR) is 84.3 cm³/mol. The van der Waals surface area contributed by atoms with Crippen molar-refractivity contribution in [2.24, 2.45) is 11.8 Å². The van der Waals surface area contributed by atoms with E-state index in [1.54, 1.807) is 19.1 Å². The lowest BCUT2D eigenvalue weighted by Gasteiger charge is -2.20. The molecule has 5 heteroatoms. The van der Waals surface area contributed by atoms with Gasteiger partial charge >= 0.3 is 0 Å². The van der Waals surface area contributed by atoms with Gasteiger partial charge in [0.15, 0.2) is 0 Å². The molecule has 0 unspecified atom stereocenters. The van der Waals surface area contributed by atoms with Crippen molar-refractivity contribution >= 4 is 5.91 Å². The fraction of sp³-hybridized carbons (Fsp3) is 0.611. The van der Waals surface area contributed by atoms with Crippen LogP contribution in [0.1, 0.15) is 37.9 Å². The highest BCUT2D eigenvalue weighted by atomic mass is 19.1. The molecule has 1 aliphatic carbocycles. The molecule has 1 aliphatic heterocycles. The SMILES string of the molecule is C[C@@H](OCC1CC1)C(=O)NC[C@@H]1CCO[C@H]1c1ccc(F)cc1. The summed E-state index contributed by atoms with van der Waals surface area (Å²) in [6, 6.07) is 6.39. The van der Waals surface area contributed by atoms with Crippen molar-refractivity contribution in [2.45, 2.75) is 38.4 Å². The Balaban J connectivity index is 1.48. The number of halogens is 1. The van der Waals surface area contributed by atoms with E-state index in [2.05, 4.69) is 5.32 Å². The predicted octanol–water partition coefficient (Wildman–Crippen LogP) is 2.83. The first-order valence-electron chi connectivity index (χ1n) is 8.40. The van der Waals surface area contributed by atoms with E-state index in [0.29, 0.717) is 25.7 Å². The lowest BCUT2D eigenvalue weighted by molar-refractivity contribution is -0.132. The van der Waals surface area contributed by atoms with Crippen LogP contribution in [0.3, 0.4) is 0 Å². The first kappa shape index (κ1) is 16.4. The van der Waals surface area contributed by atoms with E-state index in [4.69, 9.17) is 9.47 Å². The van der Waals surface area contributed by atoms with Gasteiger partial charge in [-0.1, -0.05) is 12.1 Å². The lowest BCUT2D eigenvalue weighted by Crippen LogP contribution is -2.38. The molecule has 23 heavy (non-hydrogen) atoms. The summed E-state index contributed by atoms with van der Waals surface area (Å²) in [7, 11) is 0. The van der Waals surface area contributed by atoms with Crippen LogP contribution in [0, 0.1) is 17.7 Å². The molecule has 3 rings (SSSR count). The Kier molecular flexibility index (Phi) is 5.28. The van der Waals surface area contributed by atoms with Gasteiger partial charge in [-0.3, -0.25) is 4.79 Å². The van der Waals surface area contributed by atoms with Crippen LogP contribution in [0.2, 0.25) is 0 Å². The minimum Gasteiger partial charge on any atom is -0.373 e. The van der Waals surface area contributed by atoms with Crippen molar-refractivity contribution in [1.29, 1.82) is 0 Å². The second-order valence-corrected chi connectivity index (χ2v) is 6.56. The molecule has 0 bridgehead atoms.